The van der Waals surface area contributed by atoms with Gasteiger partial charge in [-0.2, -0.15) is 0 Å². The number of nitrogens with two attached hydrogens (primary N) is 2. The molecule has 1 heterocycles. The summed E-state index contributed by atoms with van der Waals surface area (Å²) >= 11 is 0. The highest BCUT2D eigenvalue weighted by Gasteiger charge is 2.37. The number of rotatable bonds is 6. The second-order valence-corrected chi connectivity index (χ2v) is 5.11. The minimum absolute atomic E-state index is 0.348. The molecular formula is C12H22N4O5. The highest BCUT2D eigenvalue weighted by Crippen LogP contribution is 2.18. The van der Waals surface area contributed by atoms with Crippen molar-refractivity contribution in [1.82, 2.24) is 10.2 Å². The molecule has 1 fully saturated rings. The van der Waals surface area contributed by atoms with E-state index in [2.05, 4.69) is 5.32 Å². The number of carbonyl (C=O) groups is 3. The van der Waals surface area contributed by atoms with Crippen LogP contribution in [-0.2, 0) is 14.4 Å². The maximum Gasteiger partial charge on any atom is 0.243 e. The van der Waals surface area contributed by atoms with Gasteiger partial charge in [-0.15, -0.1) is 0 Å². The zero-order valence-electron chi connectivity index (χ0n) is 11.9. The van der Waals surface area contributed by atoms with Gasteiger partial charge in [-0.05, 0) is 19.8 Å². The van der Waals surface area contributed by atoms with Gasteiger partial charge in [0.1, 0.15) is 18.1 Å². The summed E-state index contributed by atoms with van der Waals surface area (Å²) in [6, 6.07) is -3.08. The standard InChI is InChI=1S/C12H22N4O5/c1-6(18)9(10(14)19)15-11(20)8-3-2-4-16(8)12(21)7(13)5-17/h6-9,17-18H,2-5,13H2,1H3,(H2,14,19)(H,15,20). The molecule has 120 valence electrons. The topological polar surface area (TPSA) is 159 Å². The highest BCUT2D eigenvalue weighted by atomic mass is 16.3. The van der Waals surface area contributed by atoms with E-state index in [1.165, 1.54) is 11.8 Å². The van der Waals surface area contributed by atoms with E-state index in [1.54, 1.807) is 0 Å². The summed E-state index contributed by atoms with van der Waals surface area (Å²) < 4.78 is 0. The Bertz CT molecular complexity index is 414. The molecule has 9 nitrogen and oxygen atoms in total. The molecule has 0 spiro atoms. The van der Waals surface area contributed by atoms with E-state index in [0.29, 0.717) is 19.4 Å². The molecule has 4 unspecified atom stereocenters. The average molecular weight is 302 g/mol. The smallest absolute Gasteiger partial charge is 0.243 e. The molecule has 0 aromatic rings. The van der Waals surface area contributed by atoms with E-state index in [-0.39, 0.29) is 0 Å². The van der Waals surface area contributed by atoms with Gasteiger partial charge >= 0.3 is 0 Å². The summed E-state index contributed by atoms with van der Waals surface area (Å²) in [7, 11) is 0. The Labute approximate surface area is 122 Å². The summed E-state index contributed by atoms with van der Waals surface area (Å²) in [5.74, 6) is -1.96. The predicted molar refractivity (Wildman–Crippen MR) is 72.6 cm³/mol. The fourth-order valence-electron chi connectivity index (χ4n) is 2.27. The molecule has 9 heteroatoms. The Kier molecular flexibility index (Phi) is 6.06. The van der Waals surface area contributed by atoms with Gasteiger partial charge in [0.15, 0.2) is 0 Å². The number of amides is 3. The van der Waals surface area contributed by atoms with Gasteiger partial charge < -0.3 is 31.9 Å². The molecule has 0 aromatic heterocycles. The van der Waals surface area contributed by atoms with E-state index in [0.717, 1.165) is 0 Å². The summed E-state index contributed by atoms with van der Waals surface area (Å²) in [4.78, 5) is 36.6. The first-order valence-corrected chi connectivity index (χ1v) is 6.74. The Morgan fingerprint density at radius 1 is 1.43 bits per heavy atom. The SMILES string of the molecule is CC(O)C(NC(=O)C1CCCN1C(=O)C(N)CO)C(N)=O. The maximum absolute atomic E-state index is 12.2. The van der Waals surface area contributed by atoms with Crippen LogP contribution in [0.5, 0.6) is 0 Å². The molecule has 3 amide bonds. The van der Waals surface area contributed by atoms with Gasteiger partial charge in [0.05, 0.1) is 12.7 Å². The van der Waals surface area contributed by atoms with Crippen molar-refractivity contribution >= 4 is 17.7 Å². The normalized spacial score (nSPS) is 22.5. The van der Waals surface area contributed by atoms with Gasteiger partial charge in [0.2, 0.25) is 17.7 Å². The molecule has 0 radical (unpaired) electrons. The van der Waals surface area contributed by atoms with Crippen molar-refractivity contribution in [2.45, 2.75) is 44.0 Å². The monoisotopic (exact) mass is 302 g/mol. The molecule has 1 aliphatic heterocycles. The number of nitrogens with zero attached hydrogens (tertiary/aromatic N) is 1. The zero-order valence-corrected chi connectivity index (χ0v) is 11.9. The number of hydrogen-bond donors (Lipinski definition) is 5. The quantitative estimate of drug-likeness (QED) is 0.345. The van der Waals surface area contributed by atoms with Crippen molar-refractivity contribution in [2.24, 2.45) is 11.5 Å². The van der Waals surface area contributed by atoms with Crippen LogP contribution in [0.25, 0.3) is 0 Å². The molecule has 1 aliphatic rings. The highest BCUT2D eigenvalue weighted by molar-refractivity contribution is 5.93. The molecule has 21 heavy (non-hydrogen) atoms. The average Bonchev–Trinajstić information content (AvgIpc) is 2.91. The van der Waals surface area contributed by atoms with Crippen LogP contribution in [0.4, 0.5) is 0 Å². The second kappa shape index (κ2) is 7.34. The van der Waals surface area contributed by atoms with Crippen LogP contribution in [0.2, 0.25) is 0 Å². The minimum atomic E-state index is -1.22. The van der Waals surface area contributed by atoms with Crippen molar-refractivity contribution in [3.05, 3.63) is 0 Å². The number of aliphatic hydroxyl groups excluding tert-OH is 2. The van der Waals surface area contributed by atoms with Crippen LogP contribution < -0.4 is 16.8 Å². The first-order chi connectivity index (χ1) is 9.79. The van der Waals surface area contributed by atoms with Crippen molar-refractivity contribution < 1.29 is 24.6 Å². The van der Waals surface area contributed by atoms with Crippen LogP contribution in [0, 0.1) is 0 Å². The lowest BCUT2D eigenvalue weighted by Crippen LogP contribution is -2.57. The third-order valence-corrected chi connectivity index (χ3v) is 3.44. The third kappa shape index (κ3) is 4.13. The lowest BCUT2D eigenvalue weighted by atomic mass is 10.1. The first kappa shape index (κ1) is 17.3. The van der Waals surface area contributed by atoms with Crippen LogP contribution >= 0.6 is 0 Å². The number of carbonyl (C=O) groups excluding carboxylic acids is 3. The van der Waals surface area contributed by atoms with Crippen LogP contribution in [0.15, 0.2) is 0 Å². The summed E-state index contributed by atoms with van der Waals surface area (Å²) in [6.45, 7) is 1.16. The number of primary amides is 1. The maximum atomic E-state index is 12.2. The summed E-state index contributed by atoms with van der Waals surface area (Å²) in [5, 5.41) is 20.7. The van der Waals surface area contributed by atoms with E-state index in [4.69, 9.17) is 16.6 Å². The van der Waals surface area contributed by atoms with Crippen molar-refractivity contribution in [3.63, 3.8) is 0 Å². The molecule has 0 bridgehead atoms. The minimum Gasteiger partial charge on any atom is -0.394 e. The fraction of sp³-hybridized carbons (Fsp3) is 0.750. The molecule has 7 N–H and O–H groups in total. The van der Waals surface area contributed by atoms with Crippen LogP contribution in [0.1, 0.15) is 19.8 Å². The van der Waals surface area contributed by atoms with Gasteiger partial charge in [0, 0.05) is 6.54 Å². The van der Waals surface area contributed by atoms with Gasteiger partial charge in [-0.3, -0.25) is 14.4 Å². The van der Waals surface area contributed by atoms with Gasteiger partial charge in [-0.25, -0.2) is 0 Å². The van der Waals surface area contributed by atoms with Gasteiger partial charge in [0.25, 0.3) is 0 Å². The second-order valence-electron chi connectivity index (χ2n) is 5.11. The van der Waals surface area contributed by atoms with E-state index in [1.807, 2.05) is 0 Å². The molecule has 1 saturated heterocycles. The Hall–Kier alpha value is -1.71. The van der Waals surface area contributed by atoms with Crippen molar-refractivity contribution in [3.8, 4) is 0 Å². The van der Waals surface area contributed by atoms with E-state index in [9.17, 15) is 19.5 Å². The van der Waals surface area contributed by atoms with E-state index >= 15 is 0 Å². The van der Waals surface area contributed by atoms with Crippen molar-refractivity contribution in [1.29, 1.82) is 0 Å². The summed E-state index contributed by atoms with van der Waals surface area (Å²) in [6.07, 6.45) is -0.115. The summed E-state index contributed by atoms with van der Waals surface area (Å²) in [5.41, 5.74) is 10.6. The number of hydrogen-bond acceptors (Lipinski definition) is 6. The number of aliphatic hydroxyl groups is 2. The zero-order chi connectivity index (χ0) is 16.2. The van der Waals surface area contributed by atoms with E-state index < -0.39 is 48.6 Å². The molecule has 0 aromatic carbocycles. The largest absolute Gasteiger partial charge is 0.394 e. The lowest BCUT2D eigenvalue weighted by Gasteiger charge is -2.28. The third-order valence-electron chi connectivity index (χ3n) is 3.44. The number of likely N-dealkylation sites (tertiary alicyclic amines) is 1. The number of nitrogens with one attached hydrogen (secondary N) is 1. The van der Waals surface area contributed by atoms with Crippen molar-refractivity contribution in [2.75, 3.05) is 13.2 Å². The van der Waals surface area contributed by atoms with Gasteiger partial charge in [-0.1, -0.05) is 0 Å². The lowest BCUT2D eigenvalue weighted by molar-refractivity contribution is -0.141. The van der Waals surface area contributed by atoms with Crippen LogP contribution in [0.3, 0.4) is 0 Å². The Morgan fingerprint density at radius 2 is 2.05 bits per heavy atom. The van der Waals surface area contributed by atoms with Crippen LogP contribution in [-0.4, -0.2) is 70.2 Å². The predicted octanol–water partition coefficient (Wildman–Crippen LogP) is -3.35. The molecule has 0 saturated carbocycles. The Morgan fingerprint density at radius 3 is 2.52 bits per heavy atom. The molecular weight excluding hydrogens is 280 g/mol. The molecule has 0 aliphatic carbocycles. The fourth-order valence-corrected chi connectivity index (χ4v) is 2.27. The first-order valence-electron chi connectivity index (χ1n) is 6.74. The molecule has 1 rings (SSSR count). The molecule has 4 atom stereocenters. The Balaban J connectivity index is 2.76.